The summed E-state index contributed by atoms with van der Waals surface area (Å²) in [5, 5.41) is 24.1. The van der Waals surface area contributed by atoms with Crippen LogP contribution in [0.2, 0.25) is 0 Å². The molecule has 0 unspecified atom stereocenters. The zero-order valence-electron chi connectivity index (χ0n) is 16.4. The molecule has 7 heteroatoms. The fourth-order valence-corrected chi connectivity index (χ4v) is 3.64. The molecule has 6 nitrogen and oxygen atoms in total. The summed E-state index contributed by atoms with van der Waals surface area (Å²) in [5.74, 6) is -0.792. The summed E-state index contributed by atoms with van der Waals surface area (Å²) in [6.07, 6.45) is 0.595. The first-order valence-electron chi connectivity index (χ1n) is 9.77. The largest absolute Gasteiger partial charge is 0.494 e. The van der Waals surface area contributed by atoms with E-state index >= 15 is 0 Å². The Morgan fingerprint density at radius 3 is 2.48 bits per heavy atom. The molecular weight excluding hydrogens is 375 g/mol. The number of nitrogens with one attached hydrogen (secondary N) is 1. The quantitative estimate of drug-likeness (QED) is 0.631. The molecule has 0 bridgehead atoms. The minimum absolute atomic E-state index is 0.00399. The van der Waals surface area contributed by atoms with Crippen LogP contribution in [0.3, 0.4) is 0 Å². The van der Waals surface area contributed by atoms with Gasteiger partial charge < -0.3 is 19.8 Å². The molecule has 1 fully saturated rings. The first kappa shape index (κ1) is 21.2. The van der Waals surface area contributed by atoms with Gasteiger partial charge in [-0.2, -0.15) is 0 Å². The molecule has 3 N–H and O–H groups in total. The maximum absolute atomic E-state index is 13.8. The number of amides is 1. The van der Waals surface area contributed by atoms with Gasteiger partial charge in [0.05, 0.1) is 19.8 Å². The number of aliphatic hydroxyl groups excluding tert-OH is 2. The lowest BCUT2D eigenvalue weighted by Crippen LogP contribution is -2.50. The number of carbonyl (C=O) groups excluding carboxylic acids is 1. The number of benzene rings is 2. The molecule has 0 radical (unpaired) electrons. The molecule has 156 valence electrons. The molecule has 1 heterocycles. The average molecular weight is 402 g/mol. The summed E-state index contributed by atoms with van der Waals surface area (Å²) in [5.41, 5.74) is 1.16. The first-order valence-corrected chi connectivity index (χ1v) is 9.77. The number of hydrogen-bond donors (Lipinski definition) is 3. The van der Waals surface area contributed by atoms with Gasteiger partial charge in [-0.3, -0.25) is 10.1 Å². The predicted molar refractivity (Wildman–Crippen MR) is 107 cm³/mol. The zero-order valence-corrected chi connectivity index (χ0v) is 16.4. The number of carbonyl (C=O) groups is 1. The normalized spacial score (nSPS) is 17.0. The van der Waals surface area contributed by atoms with E-state index in [1.54, 1.807) is 4.90 Å². The van der Waals surface area contributed by atoms with Crippen molar-refractivity contribution in [3.05, 3.63) is 65.5 Å². The Labute approximate surface area is 169 Å². The van der Waals surface area contributed by atoms with Gasteiger partial charge in [-0.25, -0.2) is 4.39 Å². The number of methoxy groups -OCH3 is 1. The molecule has 0 saturated carbocycles. The Morgan fingerprint density at radius 2 is 1.86 bits per heavy atom. The second-order valence-corrected chi connectivity index (χ2v) is 7.16. The van der Waals surface area contributed by atoms with Crippen molar-refractivity contribution in [1.29, 1.82) is 0 Å². The van der Waals surface area contributed by atoms with Crippen LogP contribution < -0.4 is 10.1 Å². The highest BCUT2D eigenvalue weighted by Crippen LogP contribution is 2.27. The third-order valence-electron chi connectivity index (χ3n) is 5.28. The second-order valence-electron chi connectivity index (χ2n) is 7.16. The summed E-state index contributed by atoms with van der Waals surface area (Å²) >= 11 is 0. The predicted octanol–water partition coefficient (Wildman–Crippen LogP) is 2.18. The van der Waals surface area contributed by atoms with Crippen LogP contribution in [0.1, 0.15) is 36.1 Å². The zero-order chi connectivity index (χ0) is 20.8. The number of likely N-dealkylation sites (tertiary alicyclic amines) is 1. The Balaban J connectivity index is 1.90. The third-order valence-corrected chi connectivity index (χ3v) is 5.28. The Kier molecular flexibility index (Phi) is 7.19. The van der Waals surface area contributed by atoms with Crippen LogP contribution in [0.5, 0.6) is 5.75 Å². The lowest BCUT2D eigenvalue weighted by Gasteiger charge is -2.31. The van der Waals surface area contributed by atoms with E-state index < -0.39 is 24.0 Å². The minimum atomic E-state index is -1.24. The molecule has 1 aliphatic rings. The van der Waals surface area contributed by atoms with Crippen molar-refractivity contribution in [2.45, 2.75) is 31.0 Å². The van der Waals surface area contributed by atoms with Crippen molar-refractivity contribution in [3.8, 4) is 5.75 Å². The first-order chi connectivity index (χ1) is 14.0. The van der Waals surface area contributed by atoms with Crippen molar-refractivity contribution in [1.82, 2.24) is 10.2 Å². The maximum atomic E-state index is 13.8. The highest BCUT2D eigenvalue weighted by molar-refractivity contribution is 5.83. The Hall–Kier alpha value is -2.48. The second kappa shape index (κ2) is 9.82. The lowest BCUT2D eigenvalue weighted by atomic mass is 9.98. The van der Waals surface area contributed by atoms with Crippen LogP contribution in [-0.2, 0) is 4.79 Å². The maximum Gasteiger partial charge on any atom is 0.242 e. The van der Waals surface area contributed by atoms with Crippen LogP contribution in [-0.4, -0.2) is 53.9 Å². The van der Waals surface area contributed by atoms with Gasteiger partial charge >= 0.3 is 0 Å². The molecular formula is C22H27FN2O4. The molecule has 3 rings (SSSR count). The summed E-state index contributed by atoms with van der Waals surface area (Å²) < 4.78 is 18.8. The summed E-state index contributed by atoms with van der Waals surface area (Å²) in [6.45, 7) is 1.02. The van der Waals surface area contributed by atoms with E-state index in [0.29, 0.717) is 18.7 Å². The summed E-state index contributed by atoms with van der Waals surface area (Å²) in [4.78, 5) is 14.9. The smallest absolute Gasteiger partial charge is 0.242 e. The van der Waals surface area contributed by atoms with Crippen molar-refractivity contribution < 1.29 is 24.1 Å². The van der Waals surface area contributed by atoms with Gasteiger partial charge in [-0.05, 0) is 36.1 Å². The molecule has 1 amide bonds. The summed E-state index contributed by atoms with van der Waals surface area (Å²) in [6, 6.07) is 11.7. The number of aliphatic hydroxyl groups is 2. The SMILES string of the molecule is COc1cc([C@@H](O)[C@H](N[C@H](CO)c2ccccc2)C(=O)N2CCCC2)ccc1F. The number of ether oxygens (including phenoxy) is 1. The van der Waals surface area contributed by atoms with E-state index in [1.807, 2.05) is 30.3 Å². The van der Waals surface area contributed by atoms with Gasteiger partial charge in [0.15, 0.2) is 11.6 Å². The van der Waals surface area contributed by atoms with Gasteiger partial charge in [0.2, 0.25) is 5.91 Å². The highest BCUT2D eigenvalue weighted by atomic mass is 19.1. The topological polar surface area (TPSA) is 82.0 Å². The van der Waals surface area contributed by atoms with Crippen LogP contribution in [0.15, 0.2) is 48.5 Å². The molecule has 1 saturated heterocycles. The molecule has 1 aliphatic heterocycles. The van der Waals surface area contributed by atoms with Gasteiger partial charge in [-0.1, -0.05) is 36.4 Å². The van der Waals surface area contributed by atoms with Gasteiger partial charge in [0.25, 0.3) is 0 Å². The molecule has 0 aliphatic carbocycles. The van der Waals surface area contributed by atoms with E-state index in [0.717, 1.165) is 18.4 Å². The third kappa shape index (κ3) is 4.93. The van der Waals surface area contributed by atoms with Gasteiger partial charge in [0, 0.05) is 13.1 Å². The highest BCUT2D eigenvalue weighted by Gasteiger charge is 2.35. The molecule has 3 atom stereocenters. The molecule has 2 aromatic carbocycles. The molecule has 0 aromatic heterocycles. The van der Waals surface area contributed by atoms with E-state index in [9.17, 15) is 19.4 Å². The van der Waals surface area contributed by atoms with Gasteiger partial charge in [-0.15, -0.1) is 0 Å². The minimum Gasteiger partial charge on any atom is -0.494 e. The number of rotatable bonds is 8. The van der Waals surface area contributed by atoms with Crippen molar-refractivity contribution in [2.24, 2.45) is 0 Å². The van der Waals surface area contributed by atoms with Crippen molar-refractivity contribution >= 4 is 5.91 Å². The average Bonchev–Trinajstić information content (AvgIpc) is 3.30. The molecule has 2 aromatic rings. The number of nitrogens with zero attached hydrogens (tertiary/aromatic N) is 1. The van der Waals surface area contributed by atoms with Crippen molar-refractivity contribution in [3.63, 3.8) is 0 Å². The molecule has 0 spiro atoms. The van der Waals surface area contributed by atoms with Crippen LogP contribution in [0.4, 0.5) is 4.39 Å². The number of halogens is 1. The van der Waals surface area contributed by atoms with Crippen LogP contribution >= 0.6 is 0 Å². The fraction of sp³-hybridized carbons (Fsp3) is 0.409. The van der Waals surface area contributed by atoms with E-state index in [4.69, 9.17) is 4.74 Å². The van der Waals surface area contributed by atoms with E-state index in [2.05, 4.69) is 5.32 Å². The summed E-state index contributed by atoms with van der Waals surface area (Å²) in [7, 11) is 1.34. The Morgan fingerprint density at radius 1 is 1.17 bits per heavy atom. The van der Waals surface area contributed by atoms with Gasteiger partial charge in [0.1, 0.15) is 12.1 Å². The monoisotopic (exact) mass is 402 g/mol. The van der Waals surface area contributed by atoms with Crippen LogP contribution in [0, 0.1) is 5.82 Å². The lowest BCUT2D eigenvalue weighted by molar-refractivity contribution is -0.135. The molecule has 29 heavy (non-hydrogen) atoms. The van der Waals surface area contributed by atoms with E-state index in [1.165, 1.54) is 25.3 Å². The van der Waals surface area contributed by atoms with Crippen molar-refractivity contribution in [2.75, 3.05) is 26.8 Å². The standard InChI is InChI=1S/C22H27FN2O4/c1-29-19-13-16(9-10-17(19)23)21(27)20(22(28)25-11-5-6-12-25)24-18(14-26)15-7-3-2-4-8-15/h2-4,7-10,13,18,20-21,24,26-27H,5-6,11-12,14H2,1H3/t18-,20+,21-/m1/s1. The van der Waals surface area contributed by atoms with Crippen LogP contribution in [0.25, 0.3) is 0 Å². The number of hydrogen-bond acceptors (Lipinski definition) is 5. The van der Waals surface area contributed by atoms with E-state index in [-0.39, 0.29) is 18.3 Å². The fourth-order valence-electron chi connectivity index (χ4n) is 3.64. The Bertz CT molecular complexity index is 812.